The first-order valence-electron chi connectivity index (χ1n) is 5.92. The molecule has 17 heavy (non-hydrogen) atoms. The third-order valence-corrected chi connectivity index (χ3v) is 2.38. The minimum atomic E-state index is -0.531. The van der Waals surface area contributed by atoms with Gasteiger partial charge in [0, 0.05) is 12.1 Å². The van der Waals surface area contributed by atoms with Crippen molar-refractivity contribution in [2.24, 2.45) is 0 Å². The Balaban J connectivity index is 2.32. The minimum Gasteiger partial charge on any atom is -0.314 e. The Hall–Kier alpha value is -1.22. The molecule has 3 heteroatoms. The van der Waals surface area contributed by atoms with Gasteiger partial charge >= 0.3 is 0 Å². The molecule has 0 radical (unpaired) electrons. The molecule has 0 fully saturated rings. The van der Waals surface area contributed by atoms with E-state index in [1.807, 2.05) is 12.2 Å². The van der Waals surface area contributed by atoms with Crippen LogP contribution in [-0.4, -0.2) is 12.6 Å². The van der Waals surface area contributed by atoms with Gasteiger partial charge in [-0.15, -0.1) is 0 Å². The Morgan fingerprint density at radius 2 is 2.00 bits per heavy atom. The van der Waals surface area contributed by atoms with Crippen molar-refractivity contribution in [2.45, 2.75) is 32.7 Å². The Bertz CT molecular complexity index is 372. The SMILES string of the molecule is CC(C)NCCC=CCc1ccc(F)cc1F. The summed E-state index contributed by atoms with van der Waals surface area (Å²) in [6.45, 7) is 5.11. The molecular formula is C14H19F2N. The van der Waals surface area contributed by atoms with Crippen molar-refractivity contribution in [3.8, 4) is 0 Å². The number of hydrogen-bond acceptors (Lipinski definition) is 1. The lowest BCUT2D eigenvalue weighted by Gasteiger charge is -2.04. The summed E-state index contributed by atoms with van der Waals surface area (Å²) in [5.74, 6) is -1.01. The molecule has 0 heterocycles. The van der Waals surface area contributed by atoms with E-state index < -0.39 is 11.6 Å². The van der Waals surface area contributed by atoms with Crippen LogP contribution < -0.4 is 5.32 Å². The molecule has 0 aliphatic heterocycles. The van der Waals surface area contributed by atoms with E-state index in [0.717, 1.165) is 19.0 Å². The van der Waals surface area contributed by atoms with Crippen molar-refractivity contribution < 1.29 is 8.78 Å². The van der Waals surface area contributed by atoms with Gasteiger partial charge in [0.05, 0.1) is 0 Å². The second kappa shape index (κ2) is 7.17. The predicted molar refractivity (Wildman–Crippen MR) is 67.0 cm³/mol. The quantitative estimate of drug-likeness (QED) is 0.592. The van der Waals surface area contributed by atoms with Crippen molar-refractivity contribution in [3.63, 3.8) is 0 Å². The first-order valence-corrected chi connectivity index (χ1v) is 5.92. The molecule has 94 valence electrons. The number of nitrogens with one attached hydrogen (secondary N) is 1. The summed E-state index contributed by atoms with van der Waals surface area (Å²) in [4.78, 5) is 0. The summed E-state index contributed by atoms with van der Waals surface area (Å²) in [5.41, 5.74) is 0.527. The lowest BCUT2D eigenvalue weighted by atomic mass is 10.1. The zero-order valence-electron chi connectivity index (χ0n) is 10.3. The predicted octanol–water partition coefficient (Wildman–Crippen LogP) is 3.45. The lowest BCUT2D eigenvalue weighted by molar-refractivity contribution is 0.575. The van der Waals surface area contributed by atoms with Crippen molar-refractivity contribution in [1.82, 2.24) is 5.32 Å². The van der Waals surface area contributed by atoms with Crippen molar-refractivity contribution >= 4 is 0 Å². The highest BCUT2D eigenvalue weighted by atomic mass is 19.1. The van der Waals surface area contributed by atoms with Crippen LogP contribution in [0.15, 0.2) is 30.4 Å². The number of rotatable bonds is 6. The van der Waals surface area contributed by atoms with Gasteiger partial charge in [-0.1, -0.05) is 32.1 Å². The third kappa shape index (κ3) is 5.59. The fraction of sp³-hybridized carbons (Fsp3) is 0.429. The molecule has 0 aliphatic rings. The number of benzene rings is 1. The second-order valence-electron chi connectivity index (χ2n) is 4.31. The Morgan fingerprint density at radius 1 is 1.24 bits per heavy atom. The van der Waals surface area contributed by atoms with Gasteiger partial charge in [0.15, 0.2) is 0 Å². The van der Waals surface area contributed by atoms with Gasteiger partial charge in [-0.3, -0.25) is 0 Å². The summed E-state index contributed by atoms with van der Waals surface area (Å²) in [6, 6.07) is 4.18. The van der Waals surface area contributed by atoms with E-state index in [2.05, 4.69) is 19.2 Å². The summed E-state index contributed by atoms with van der Waals surface area (Å²) < 4.78 is 25.9. The number of hydrogen-bond donors (Lipinski definition) is 1. The van der Waals surface area contributed by atoms with Crippen LogP contribution in [0.1, 0.15) is 25.8 Å². The normalized spacial score (nSPS) is 11.6. The van der Waals surface area contributed by atoms with Crippen LogP contribution in [0.5, 0.6) is 0 Å². The largest absolute Gasteiger partial charge is 0.314 e. The molecule has 0 spiro atoms. The van der Waals surface area contributed by atoms with Gasteiger partial charge in [-0.2, -0.15) is 0 Å². The van der Waals surface area contributed by atoms with Gasteiger partial charge in [0.25, 0.3) is 0 Å². The monoisotopic (exact) mass is 239 g/mol. The van der Waals surface area contributed by atoms with Crippen LogP contribution in [0.25, 0.3) is 0 Å². The summed E-state index contributed by atoms with van der Waals surface area (Å²) >= 11 is 0. The molecule has 1 nitrogen and oxygen atoms in total. The maximum Gasteiger partial charge on any atom is 0.129 e. The van der Waals surface area contributed by atoms with Crippen molar-refractivity contribution in [3.05, 3.63) is 47.5 Å². The van der Waals surface area contributed by atoms with E-state index in [9.17, 15) is 8.78 Å². The molecule has 0 amide bonds. The first kappa shape index (κ1) is 13.8. The van der Waals surface area contributed by atoms with E-state index >= 15 is 0 Å². The third-order valence-electron chi connectivity index (χ3n) is 2.38. The molecule has 0 unspecified atom stereocenters. The maximum absolute atomic E-state index is 13.2. The van der Waals surface area contributed by atoms with E-state index in [4.69, 9.17) is 0 Å². The fourth-order valence-corrected chi connectivity index (χ4v) is 1.47. The molecule has 1 aromatic rings. The Labute approximate surface area is 102 Å². The van der Waals surface area contributed by atoms with Crippen molar-refractivity contribution in [1.29, 1.82) is 0 Å². The van der Waals surface area contributed by atoms with Crippen LogP contribution in [0.4, 0.5) is 8.78 Å². The lowest BCUT2D eigenvalue weighted by Crippen LogP contribution is -2.23. The smallest absolute Gasteiger partial charge is 0.129 e. The van der Waals surface area contributed by atoms with E-state index in [1.54, 1.807) is 0 Å². The topological polar surface area (TPSA) is 12.0 Å². The molecule has 0 saturated heterocycles. The highest BCUT2D eigenvalue weighted by molar-refractivity contribution is 5.20. The fourth-order valence-electron chi connectivity index (χ4n) is 1.47. The van der Waals surface area contributed by atoms with Gasteiger partial charge in [-0.05, 0) is 31.0 Å². The second-order valence-corrected chi connectivity index (χ2v) is 4.31. The average molecular weight is 239 g/mol. The molecule has 0 bridgehead atoms. The number of halogens is 2. The molecular weight excluding hydrogens is 220 g/mol. The van der Waals surface area contributed by atoms with E-state index in [1.165, 1.54) is 12.1 Å². The summed E-state index contributed by atoms with van der Waals surface area (Å²) in [7, 11) is 0. The Morgan fingerprint density at radius 3 is 2.65 bits per heavy atom. The molecule has 1 N–H and O–H groups in total. The van der Waals surface area contributed by atoms with Crippen LogP contribution in [0.3, 0.4) is 0 Å². The van der Waals surface area contributed by atoms with E-state index in [0.29, 0.717) is 18.0 Å². The molecule has 0 saturated carbocycles. The molecule has 1 rings (SSSR count). The van der Waals surface area contributed by atoms with Gasteiger partial charge in [0.1, 0.15) is 11.6 Å². The van der Waals surface area contributed by atoms with Crippen LogP contribution in [0, 0.1) is 11.6 Å². The summed E-state index contributed by atoms with van der Waals surface area (Å²) in [6.07, 6.45) is 5.35. The van der Waals surface area contributed by atoms with Crippen LogP contribution >= 0.6 is 0 Å². The summed E-state index contributed by atoms with van der Waals surface area (Å²) in [5, 5.41) is 3.29. The zero-order chi connectivity index (χ0) is 12.7. The Kier molecular flexibility index (Phi) is 5.84. The molecule has 1 aromatic carbocycles. The maximum atomic E-state index is 13.2. The standard InChI is InChI=1S/C14H19F2N/c1-11(2)17-9-5-3-4-6-12-7-8-13(15)10-14(12)16/h3-4,7-8,10-11,17H,5-6,9H2,1-2H3. The van der Waals surface area contributed by atoms with Gasteiger partial charge < -0.3 is 5.32 Å². The van der Waals surface area contributed by atoms with Gasteiger partial charge in [-0.25, -0.2) is 8.78 Å². The molecule has 0 aliphatic carbocycles. The van der Waals surface area contributed by atoms with Crippen LogP contribution in [0.2, 0.25) is 0 Å². The van der Waals surface area contributed by atoms with Crippen LogP contribution in [-0.2, 0) is 6.42 Å². The zero-order valence-corrected chi connectivity index (χ0v) is 10.3. The molecule has 0 aromatic heterocycles. The average Bonchev–Trinajstić information content (AvgIpc) is 2.25. The minimum absolute atomic E-state index is 0.477. The highest BCUT2D eigenvalue weighted by Gasteiger charge is 2.00. The molecule has 0 atom stereocenters. The van der Waals surface area contributed by atoms with E-state index in [-0.39, 0.29) is 0 Å². The first-order chi connectivity index (χ1) is 8.09. The van der Waals surface area contributed by atoms with Crippen molar-refractivity contribution in [2.75, 3.05) is 6.54 Å². The number of allylic oxidation sites excluding steroid dienone is 1. The highest BCUT2D eigenvalue weighted by Crippen LogP contribution is 2.10. The van der Waals surface area contributed by atoms with Gasteiger partial charge in [0.2, 0.25) is 0 Å².